The van der Waals surface area contributed by atoms with E-state index in [1.165, 1.54) is 0 Å². The molecule has 0 fully saturated rings. The average molecular weight is 404 g/mol. The van der Waals surface area contributed by atoms with Gasteiger partial charge < -0.3 is 5.32 Å². The SMILES string of the molecule is C[C@H](Nc1ccn2ncc(C3=NC(C)(C)ON3)c2n1)c1cc(F)cc2ccccc12. The summed E-state index contributed by atoms with van der Waals surface area (Å²) in [5.41, 5.74) is 4.46. The number of fused-ring (bicyclic) bond motifs is 2. The van der Waals surface area contributed by atoms with Crippen LogP contribution in [0.4, 0.5) is 10.2 Å². The molecule has 2 N–H and O–H groups in total. The van der Waals surface area contributed by atoms with Gasteiger partial charge in [-0.25, -0.2) is 29.2 Å². The second kappa shape index (κ2) is 6.77. The van der Waals surface area contributed by atoms with Crippen LogP contribution in [0.25, 0.3) is 16.4 Å². The molecular formula is C22H21FN6O. The molecule has 152 valence electrons. The number of aliphatic imine (C=N–C) groups is 1. The third-order valence-electron chi connectivity index (χ3n) is 5.09. The second-order valence-corrected chi connectivity index (χ2v) is 7.83. The Bertz CT molecular complexity index is 1300. The number of rotatable bonds is 4. The van der Waals surface area contributed by atoms with E-state index in [2.05, 4.69) is 20.9 Å². The van der Waals surface area contributed by atoms with Crippen molar-refractivity contribution in [3.63, 3.8) is 0 Å². The minimum Gasteiger partial charge on any atom is -0.363 e. The lowest BCUT2D eigenvalue weighted by Crippen LogP contribution is -2.23. The maximum Gasteiger partial charge on any atom is 0.182 e. The summed E-state index contributed by atoms with van der Waals surface area (Å²) in [6.07, 6.45) is 3.53. The van der Waals surface area contributed by atoms with Crippen LogP contribution < -0.4 is 10.8 Å². The molecule has 0 bridgehead atoms. The third-order valence-corrected chi connectivity index (χ3v) is 5.09. The van der Waals surface area contributed by atoms with Gasteiger partial charge in [-0.05, 0) is 55.3 Å². The number of nitrogens with one attached hydrogen (secondary N) is 2. The fourth-order valence-corrected chi connectivity index (χ4v) is 3.68. The number of nitrogens with zero attached hydrogens (tertiary/aromatic N) is 4. The van der Waals surface area contributed by atoms with Gasteiger partial charge in [-0.2, -0.15) is 5.10 Å². The lowest BCUT2D eigenvalue weighted by atomic mass is 9.99. The fraction of sp³-hybridized carbons (Fsp3) is 0.227. The van der Waals surface area contributed by atoms with Crippen LogP contribution in [0.5, 0.6) is 0 Å². The summed E-state index contributed by atoms with van der Waals surface area (Å²) in [6, 6.07) is 12.6. The summed E-state index contributed by atoms with van der Waals surface area (Å²) in [5.74, 6) is 0.986. The summed E-state index contributed by atoms with van der Waals surface area (Å²) in [7, 11) is 0. The van der Waals surface area contributed by atoms with E-state index in [0.717, 1.165) is 21.9 Å². The molecule has 1 aliphatic rings. The average Bonchev–Trinajstić information content (AvgIpc) is 3.29. The Morgan fingerprint density at radius 3 is 2.83 bits per heavy atom. The van der Waals surface area contributed by atoms with E-state index in [9.17, 15) is 4.39 Å². The van der Waals surface area contributed by atoms with Crippen molar-refractivity contribution in [3.05, 3.63) is 71.8 Å². The molecule has 0 amide bonds. The minimum atomic E-state index is -0.646. The monoisotopic (exact) mass is 404 g/mol. The number of hydroxylamine groups is 1. The first-order chi connectivity index (χ1) is 14.4. The van der Waals surface area contributed by atoms with Crippen LogP contribution in [-0.2, 0) is 4.84 Å². The van der Waals surface area contributed by atoms with Gasteiger partial charge in [0.05, 0.1) is 17.8 Å². The summed E-state index contributed by atoms with van der Waals surface area (Å²) in [4.78, 5) is 14.7. The van der Waals surface area contributed by atoms with Crippen LogP contribution in [0, 0.1) is 5.82 Å². The van der Waals surface area contributed by atoms with Gasteiger partial charge in [0.15, 0.2) is 17.2 Å². The zero-order valence-electron chi connectivity index (χ0n) is 16.8. The van der Waals surface area contributed by atoms with Gasteiger partial charge in [0.25, 0.3) is 0 Å². The molecule has 5 rings (SSSR count). The highest BCUT2D eigenvalue weighted by Crippen LogP contribution is 2.28. The van der Waals surface area contributed by atoms with E-state index in [-0.39, 0.29) is 11.9 Å². The minimum absolute atomic E-state index is 0.156. The topological polar surface area (TPSA) is 75.8 Å². The zero-order valence-corrected chi connectivity index (χ0v) is 16.8. The van der Waals surface area contributed by atoms with E-state index >= 15 is 0 Å². The molecule has 0 aliphatic carbocycles. The van der Waals surface area contributed by atoms with E-state index in [1.807, 2.05) is 57.3 Å². The van der Waals surface area contributed by atoms with Gasteiger partial charge in [-0.3, -0.25) is 0 Å². The predicted octanol–water partition coefficient (Wildman–Crippen LogP) is 4.21. The maximum atomic E-state index is 14.2. The molecule has 4 aromatic rings. The molecule has 2 aromatic carbocycles. The van der Waals surface area contributed by atoms with Crippen molar-refractivity contribution in [1.82, 2.24) is 20.1 Å². The molecule has 0 saturated heterocycles. The number of aromatic nitrogens is 3. The van der Waals surface area contributed by atoms with Crippen molar-refractivity contribution >= 4 is 28.1 Å². The number of hydrogen-bond donors (Lipinski definition) is 2. The lowest BCUT2D eigenvalue weighted by Gasteiger charge is -2.17. The normalized spacial score (nSPS) is 16.5. The van der Waals surface area contributed by atoms with Gasteiger partial charge in [-0.15, -0.1) is 0 Å². The first kappa shape index (κ1) is 18.5. The molecule has 8 heteroatoms. The number of benzene rings is 2. The van der Waals surface area contributed by atoms with Gasteiger partial charge in [0.2, 0.25) is 0 Å². The molecule has 0 saturated carbocycles. The highest BCUT2D eigenvalue weighted by Gasteiger charge is 2.28. The largest absolute Gasteiger partial charge is 0.363 e. The highest BCUT2D eigenvalue weighted by atomic mass is 19.1. The van der Waals surface area contributed by atoms with E-state index in [4.69, 9.17) is 9.82 Å². The molecule has 30 heavy (non-hydrogen) atoms. The molecule has 7 nitrogen and oxygen atoms in total. The highest BCUT2D eigenvalue weighted by molar-refractivity contribution is 6.03. The van der Waals surface area contributed by atoms with Crippen molar-refractivity contribution in [2.75, 3.05) is 5.32 Å². The maximum absolute atomic E-state index is 14.2. The quantitative estimate of drug-likeness (QED) is 0.533. The molecular weight excluding hydrogens is 383 g/mol. The van der Waals surface area contributed by atoms with Crippen molar-refractivity contribution in [1.29, 1.82) is 0 Å². The van der Waals surface area contributed by atoms with E-state index < -0.39 is 5.72 Å². The van der Waals surface area contributed by atoms with Crippen molar-refractivity contribution in [2.45, 2.75) is 32.5 Å². The van der Waals surface area contributed by atoms with Crippen molar-refractivity contribution in [2.24, 2.45) is 4.99 Å². The van der Waals surface area contributed by atoms with Gasteiger partial charge >= 0.3 is 0 Å². The van der Waals surface area contributed by atoms with Crippen LogP contribution in [0.2, 0.25) is 0 Å². The van der Waals surface area contributed by atoms with Crippen LogP contribution in [0.1, 0.15) is 37.9 Å². The van der Waals surface area contributed by atoms with Crippen LogP contribution in [0.15, 0.2) is 59.9 Å². The summed E-state index contributed by atoms with van der Waals surface area (Å²) in [5, 5.41) is 9.60. The molecule has 0 unspecified atom stereocenters. The van der Waals surface area contributed by atoms with Crippen molar-refractivity contribution in [3.8, 4) is 0 Å². The number of halogens is 1. The first-order valence-electron chi connectivity index (χ1n) is 9.73. The third kappa shape index (κ3) is 3.25. The molecule has 1 atom stereocenters. The molecule has 1 aliphatic heterocycles. The molecule has 0 radical (unpaired) electrons. The summed E-state index contributed by atoms with van der Waals surface area (Å²) in [6.45, 7) is 5.72. The Kier molecular flexibility index (Phi) is 4.18. The second-order valence-electron chi connectivity index (χ2n) is 7.83. The predicted molar refractivity (Wildman–Crippen MR) is 114 cm³/mol. The Morgan fingerprint density at radius 2 is 2.03 bits per heavy atom. The molecule has 0 spiro atoms. The zero-order chi connectivity index (χ0) is 20.9. The van der Waals surface area contributed by atoms with Gasteiger partial charge in [0, 0.05) is 6.20 Å². The first-order valence-corrected chi connectivity index (χ1v) is 9.73. The fourth-order valence-electron chi connectivity index (χ4n) is 3.68. The molecule has 2 aromatic heterocycles. The Labute approximate surface area is 172 Å². The van der Waals surface area contributed by atoms with E-state index in [1.54, 1.807) is 22.8 Å². The van der Waals surface area contributed by atoms with E-state index in [0.29, 0.717) is 17.3 Å². The van der Waals surface area contributed by atoms with Crippen LogP contribution in [0.3, 0.4) is 0 Å². The van der Waals surface area contributed by atoms with Crippen molar-refractivity contribution < 1.29 is 9.23 Å². The van der Waals surface area contributed by atoms with Crippen LogP contribution in [-0.4, -0.2) is 26.2 Å². The Hall–Kier alpha value is -3.52. The molecule has 3 heterocycles. The standard InChI is InChI=1S/C22H21FN6O/c1-13(17-11-15(23)10-14-6-4-5-7-16(14)17)25-19-8-9-29-21(26-19)18(12-24-29)20-27-22(2,3)30-28-20/h4-13H,1-3H3,(H,25,26)(H,27,28)/t13-/m0/s1. The van der Waals surface area contributed by atoms with Crippen LogP contribution >= 0.6 is 0 Å². The summed E-state index contributed by atoms with van der Waals surface area (Å²) >= 11 is 0. The lowest BCUT2D eigenvalue weighted by molar-refractivity contribution is -0.0269. The van der Waals surface area contributed by atoms with Gasteiger partial charge in [0.1, 0.15) is 11.6 Å². The Balaban J connectivity index is 1.50. The number of hydrogen-bond acceptors (Lipinski definition) is 6. The Morgan fingerprint density at radius 1 is 1.20 bits per heavy atom. The number of amidine groups is 1. The van der Waals surface area contributed by atoms with Gasteiger partial charge in [-0.1, -0.05) is 24.3 Å². The smallest absolute Gasteiger partial charge is 0.182 e. The summed E-state index contributed by atoms with van der Waals surface area (Å²) < 4.78 is 15.8. The number of anilines is 1.